The maximum atomic E-state index is 5.30. The molecule has 0 spiro atoms. The maximum Gasteiger partial charge on any atom is 0.171 e. The highest BCUT2D eigenvalue weighted by molar-refractivity contribution is 5.68. The largest absolute Gasteiger partial charge is 0.493 e. The third kappa shape index (κ3) is 1.79. The molecular weight excluding hydrogens is 206 g/mol. The summed E-state index contributed by atoms with van der Waals surface area (Å²) >= 11 is 0. The van der Waals surface area contributed by atoms with E-state index in [1.807, 2.05) is 18.2 Å². The highest BCUT2D eigenvalue weighted by Crippen LogP contribution is 2.35. The van der Waals surface area contributed by atoms with Crippen LogP contribution in [0.5, 0.6) is 11.5 Å². The molecule has 5 nitrogen and oxygen atoms in total. The molecule has 0 saturated heterocycles. The van der Waals surface area contributed by atoms with E-state index in [9.17, 15) is 0 Å². The molecule has 0 atom stereocenters. The topological polar surface area (TPSA) is 57.1 Å². The van der Waals surface area contributed by atoms with E-state index in [-0.39, 0.29) is 0 Å². The molecule has 0 aliphatic rings. The number of nitrogens with zero attached hydrogens (tertiary/aromatic N) is 3. The van der Waals surface area contributed by atoms with Crippen LogP contribution in [0.25, 0.3) is 11.4 Å². The van der Waals surface area contributed by atoms with Gasteiger partial charge in [0, 0.05) is 0 Å². The van der Waals surface area contributed by atoms with Crippen LogP contribution in [0.15, 0.2) is 30.9 Å². The molecule has 16 heavy (non-hydrogen) atoms. The lowest BCUT2D eigenvalue weighted by Crippen LogP contribution is -1.96. The van der Waals surface area contributed by atoms with Crippen molar-refractivity contribution in [2.75, 3.05) is 14.2 Å². The summed E-state index contributed by atoms with van der Waals surface area (Å²) in [5.74, 6) is 1.84. The van der Waals surface area contributed by atoms with Gasteiger partial charge in [0.25, 0.3) is 0 Å². The third-order valence-corrected chi connectivity index (χ3v) is 2.14. The number of hydrogen-bond donors (Lipinski definition) is 0. The lowest BCUT2D eigenvalue weighted by Gasteiger charge is -2.10. The molecule has 1 aromatic carbocycles. The summed E-state index contributed by atoms with van der Waals surface area (Å²) in [6.45, 7) is 0. The Morgan fingerprint density at radius 3 is 2.38 bits per heavy atom. The zero-order chi connectivity index (χ0) is 11.4. The molecule has 0 radical (unpaired) electrons. The minimum Gasteiger partial charge on any atom is -0.493 e. The summed E-state index contributed by atoms with van der Waals surface area (Å²) in [6, 6.07) is 5.56. The Kier molecular flexibility index (Phi) is 2.95. The summed E-state index contributed by atoms with van der Waals surface area (Å²) in [6.07, 6.45) is 2.89. The summed E-state index contributed by atoms with van der Waals surface area (Å²) < 4.78 is 10.5. The van der Waals surface area contributed by atoms with E-state index in [4.69, 9.17) is 9.47 Å². The van der Waals surface area contributed by atoms with Crippen molar-refractivity contribution < 1.29 is 9.47 Å². The molecule has 1 heterocycles. The van der Waals surface area contributed by atoms with Gasteiger partial charge in [0.15, 0.2) is 17.3 Å². The standard InChI is InChI=1S/C11H11N3O2/c1-15-9-5-3-4-8(10(9)16-2)11-13-6-12-7-14-11/h3-7H,1-2H3. The average Bonchev–Trinajstić information content (AvgIpc) is 2.38. The Morgan fingerprint density at radius 1 is 1.00 bits per heavy atom. The van der Waals surface area contributed by atoms with Crippen LogP contribution >= 0.6 is 0 Å². The van der Waals surface area contributed by atoms with Gasteiger partial charge in [-0.1, -0.05) is 6.07 Å². The van der Waals surface area contributed by atoms with Crippen LogP contribution in [-0.2, 0) is 0 Å². The Labute approximate surface area is 93.1 Å². The van der Waals surface area contributed by atoms with Crippen molar-refractivity contribution in [3.8, 4) is 22.9 Å². The molecule has 1 aromatic heterocycles. The second-order valence-electron chi connectivity index (χ2n) is 3.00. The SMILES string of the molecule is COc1cccc(-c2ncncn2)c1OC. The van der Waals surface area contributed by atoms with Gasteiger partial charge in [-0.05, 0) is 12.1 Å². The summed E-state index contributed by atoms with van der Waals surface area (Å²) in [7, 11) is 3.18. The van der Waals surface area contributed by atoms with Gasteiger partial charge in [-0.3, -0.25) is 0 Å². The molecule has 0 bridgehead atoms. The molecule has 0 saturated carbocycles. The van der Waals surface area contributed by atoms with Crippen LogP contribution in [0.4, 0.5) is 0 Å². The monoisotopic (exact) mass is 217 g/mol. The van der Waals surface area contributed by atoms with Gasteiger partial charge in [0.05, 0.1) is 19.8 Å². The number of hydrogen-bond acceptors (Lipinski definition) is 5. The van der Waals surface area contributed by atoms with E-state index >= 15 is 0 Å². The lowest BCUT2D eigenvalue weighted by molar-refractivity contribution is 0.356. The van der Waals surface area contributed by atoms with Crippen molar-refractivity contribution in [3.05, 3.63) is 30.9 Å². The molecular formula is C11H11N3O2. The van der Waals surface area contributed by atoms with E-state index < -0.39 is 0 Å². The second kappa shape index (κ2) is 4.57. The molecule has 82 valence electrons. The quantitative estimate of drug-likeness (QED) is 0.780. The predicted molar refractivity (Wildman–Crippen MR) is 58.4 cm³/mol. The summed E-state index contributed by atoms with van der Waals surface area (Å²) in [4.78, 5) is 11.9. The smallest absolute Gasteiger partial charge is 0.171 e. The van der Waals surface area contributed by atoms with Gasteiger partial charge in [-0.2, -0.15) is 0 Å². The van der Waals surface area contributed by atoms with Crippen molar-refractivity contribution in [2.45, 2.75) is 0 Å². The normalized spacial score (nSPS) is 9.88. The molecule has 2 rings (SSSR count). The number of para-hydroxylation sites is 1. The second-order valence-corrected chi connectivity index (χ2v) is 3.00. The Bertz CT molecular complexity index is 474. The summed E-state index contributed by atoms with van der Waals surface area (Å²) in [5.41, 5.74) is 0.782. The van der Waals surface area contributed by atoms with Crippen molar-refractivity contribution in [2.24, 2.45) is 0 Å². The molecule has 0 aliphatic heterocycles. The van der Waals surface area contributed by atoms with Crippen LogP contribution in [0.3, 0.4) is 0 Å². The first-order valence-electron chi connectivity index (χ1n) is 4.70. The van der Waals surface area contributed by atoms with Crippen LogP contribution < -0.4 is 9.47 Å². The van der Waals surface area contributed by atoms with E-state index in [0.717, 1.165) is 5.56 Å². The molecule has 0 aliphatic carbocycles. The van der Waals surface area contributed by atoms with E-state index in [1.54, 1.807) is 14.2 Å². The highest BCUT2D eigenvalue weighted by Gasteiger charge is 2.12. The van der Waals surface area contributed by atoms with E-state index in [0.29, 0.717) is 17.3 Å². The van der Waals surface area contributed by atoms with Crippen molar-refractivity contribution in [1.29, 1.82) is 0 Å². The number of methoxy groups -OCH3 is 2. The van der Waals surface area contributed by atoms with Gasteiger partial charge in [-0.15, -0.1) is 0 Å². The number of ether oxygens (including phenoxy) is 2. The van der Waals surface area contributed by atoms with E-state index in [2.05, 4.69) is 15.0 Å². The van der Waals surface area contributed by atoms with E-state index in [1.165, 1.54) is 12.7 Å². The van der Waals surface area contributed by atoms with Crippen molar-refractivity contribution in [1.82, 2.24) is 15.0 Å². The molecule has 0 unspecified atom stereocenters. The third-order valence-electron chi connectivity index (χ3n) is 2.14. The van der Waals surface area contributed by atoms with Gasteiger partial charge >= 0.3 is 0 Å². The van der Waals surface area contributed by atoms with Crippen molar-refractivity contribution >= 4 is 0 Å². The predicted octanol–water partition coefficient (Wildman–Crippen LogP) is 1.56. The number of rotatable bonds is 3. The first-order valence-corrected chi connectivity index (χ1v) is 4.70. The average molecular weight is 217 g/mol. The van der Waals surface area contributed by atoms with Crippen LogP contribution in [0, 0.1) is 0 Å². The fourth-order valence-electron chi connectivity index (χ4n) is 1.44. The Morgan fingerprint density at radius 2 is 1.75 bits per heavy atom. The molecule has 5 heteroatoms. The fourth-order valence-corrected chi connectivity index (χ4v) is 1.44. The van der Waals surface area contributed by atoms with Gasteiger partial charge in [0.2, 0.25) is 0 Å². The number of aromatic nitrogens is 3. The number of benzene rings is 1. The molecule has 0 amide bonds. The van der Waals surface area contributed by atoms with Crippen LogP contribution in [-0.4, -0.2) is 29.2 Å². The first kappa shape index (κ1) is 10.4. The maximum absolute atomic E-state index is 5.30. The fraction of sp³-hybridized carbons (Fsp3) is 0.182. The lowest BCUT2D eigenvalue weighted by atomic mass is 10.1. The minimum absolute atomic E-state index is 0.561. The van der Waals surface area contributed by atoms with Gasteiger partial charge in [-0.25, -0.2) is 15.0 Å². The Hall–Kier alpha value is -2.17. The molecule has 0 fully saturated rings. The zero-order valence-electron chi connectivity index (χ0n) is 9.04. The first-order chi connectivity index (χ1) is 7.86. The summed E-state index contributed by atoms with van der Waals surface area (Å²) in [5, 5.41) is 0. The van der Waals surface area contributed by atoms with Crippen molar-refractivity contribution in [3.63, 3.8) is 0 Å². The Balaban J connectivity index is 2.57. The van der Waals surface area contributed by atoms with Crippen LogP contribution in [0.1, 0.15) is 0 Å². The van der Waals surface area contributed by atoms with Gasteiger partial charge in [0.1, 0.15) is 12.7 Å². The molecule has 2 aromatic rings. The van der Waals surface area contributed by atoms with Gasteiger partial charge < -0.3 is 9.47 Å². The van der Waals surface area contributed by atoms with Crippen LogP contribution in [0.2, 0.25) is 0 Å². The zero-order valence-corrected chi connectivity index (χ0v) is 9.04. The minimum atomic E-state index is 0.561. The molecule has 0 N–H and O–H groups in total. The highest BCUT2D eigenvalue weighted by atomic mass is 16.5.